The van der Waals surface area contributed by atoms with Crippen molar-refractivity contribution in [2.24, 2.45) is 11.3 Å². The molecule has 6 aromatic carbocycles. The second-order valence-corrected chi connectivity index (χ2v) is 16.9. The Morgan fingerprint density at radius 1 is 0.590 bits per heavy atom. The van der Waals surface area contributed by atoms with Crippen molar-refractivity contribution in [3.05, 3.63) is 209 Å². The lowest BCUT2D eigenvalue weighted by atomic mass is 9.55. The third-order valence-electron chi connectivity index (χ3n) is 13.9. The van der Waals surface area contributed by atoms with Crippen molar-refractivity contribution < 1.29 is 19.2 Å². The van der Waals surface area contributed by atoms with Gasteiger partial charge in [-0.3, -0.25) is 29.8 Å². The second kappa shape index (κ2) is 14.1. The molecule has 4 N–H and O–H groups in total. The number of hydrogen-bond donors (Lipinski definition) is 4. The zero-order valence-corrected chi connectivity index (χ0v) is 33.3. The Kier molecular flexibility index (Phi) is 8.56. The lowest BCUT2D eigenvalue weighted by molar-refractivity contribution is -0.151. The molecule has 0 aromatic heterocycles. The highest BCUT2D eigenvalue weighted by atomic mass is 16.2. The molecular weight excluding hydrogens is 759 g/mol. The Labute approximate surface area is 353 Å². The third kappa shape index (κ3) is 5.33. The van der Waals surface area contributed by atoms with Crippen LogP contribution in [0, 0.1) is 11.3 Å². The van der Waals surface area contributed by atoms with E-state index < -0.39 is 34.4 Å². The summed E-state index contributed by atoms with van der Waals surface area (Å²) >= 11 is 0. The molecule has 7 atom stereocenters. The van der Waals surface area contributed by atoms with Gasteiger partial charge in [0.2, 0.25) is 11.8 Å². The van der Waals surface area contributed by atoms with E-state index in [-0.39, 0.29) is 42.6 Å². The molecule has 3 saturated heterocycles. The molecule has 9 nitrogen and oxygen atoms in total. The summed E-state index contributed by atoms with van der Waals surface area (Å²) in [6, 6.07) is 53.7. The van der Waals surface area contributed by atoms with Crippen LogP contribution in [0.1, 0.15) is 57.8 Å². The van der Waals surface area contributed by atoms with Crippen LogP contribution in [0.25, 0.3) is 6.08 Å². The maximum absolute atomic E-state index is 16.3. The van der Waals surface area contributed by atoms with Crippen molar-refractivity contribution in [3.8, 4) is 0 Å². The van der Waals surface area contributed by atoms with E-state index in [1.54, 1.807) is 4.90 Å². The zero-order chi connectivity index (χ0) is 41.3. The van der Waals surface area contributed by atoms with Gasteiger partial charge in [0, 0.05) is 59.2 Å². The normalized spacial score (nSPS) is 29.3. The first-order chi connectivity index (χ1) is 29.8. The number of carbonyl (C=O) groups excluding carboxylic acids is 4. The predicted molar refractivity (Wildman–Crippen MR) is 234 cm³/mol. The van der Waals surface area contributed by atoms with Gasteiger partial charge in [-0.15, -0.1) is 0 Å². The molecule has 3 amide bonds. The molecule has 3 fully saturated rings. The number of ketones is 1. The minimum atomic E-state index is -1.61. The summed E-state index contributed by atoms with van der Waals surface area (Å²) in [6.07, 6.45) is 2.21. The van der Waals surface area contributed by atoms with Crippen LogP contribution in [0.15, 0.2) is 175 Å². The van der Waals surface area contributed by atoms with Crippen LogP contribution in [0.3, 0.4) is 0 Å². The molecule has 0 radical (unpaired) electrons. The zero-order valence-electron chi connectivity index (χ0n) is 33.3. The van der Waals surface area contributed by atoms with E-state index in [1.807, 2.05) is 176 Å². The first kappa shape index (κ1) is 37.1. The predicted octanol–water partition coefficient (Wildman–Crippen LogP) is 7.64. The van der Waals surface area contributed by atoms with Crippen LogP contribution < -0.4 is 21.3 Å². The number of para-hydroxylation sites is 2. The van der Waals surface area contributed by atoms with E-state index in [0.717, 1.165) is 22.3 Å². The summed E-state index contributed by atoms with van der Waals surface area (Å²) in [7, 11) is 0. The monoisotopic (exact) mass is 801 g/mol. The van der Waals surface area contributed by atoms with Gasteiger partial charge in [-0.25, -0.2) is 0 Å². The largest absolute Gasteiger partial charge is 0.337 e. The van der Waals surface area contributed by atoms with Gasteiger partial charge in [-0.2, -0.15) is 0 Å². The quantitative estimate of drug-likeness (QED) is 0.133. The van der Waals surface area contributed by atoms with Crippen LogP contribution >= 0.6 is 0 Å². The summed E-state index contributed by atoms with van der Waals surface area (Å²) in [5.74, 6) is -2.58. The number of likely N-dealkylation sites (tertiary alicyclic amines) is 1. The summed E-state index contributed by atoms with van der Waals surface area (Å²) in [4.78, 5) is 64.1. The fourth-order valence-corrected chi connectivity index (χ4v) is 11.4. The van der Waals surface area contributed by atoms with Crippen molar-refractivity contribution in [3.63, 3.8) is 0 Å². The number of hydrogen-bond acceptors (Lipinski definition) is 6. The minimum absolute atomic E-state index is 0.00296. The van der Waals surface area contributed by atoms with Gasteiger partial charge in [-0.1, -0.05) is 158 Å². The molecule has 5 aliphatic heterocycles. The van der Waals surface area contributed by atoms with Crippen molar-refractivity contribution in [1.29, 1.82) is 0 Å². The fourth-order valence-electron chi connectivity index (χ4n) is 11.4. The minimum Gasteiger partial charge on any atom is -0.337 e. The first-order valence-electron chi connectivity index (χ1n) is 21.0. The number of benzene rings is 6. The highest BCUT2D eigenvalue weighted by Gasteiger charge is 2.76. The van der Waals surface area contributed by atoms with Gasteiger partial charge in [0.25, 0.3) is 5.91 Å². The maximum Gasteiger partial charge on any atom is 0.250 e. The van der Waals surface area contributed by atoms with Crippen molar-refractivity contribution in [2.45, 2.75) is 35.5 Å². The molecule has 6 aromatic rings. The van der Waals surface area contributed by atoms with E-state index in [9.17, 15) is 4.79 Å². The molecule has 5 heterocycles. The van der Waals surface area contributed by atoms with Crippen LogP contribution in [-0.2, 0) is 30.3 Å². The van der Waals surface area contributed by atoms with Crippen LogP contribution in [0.5, 0.6) is 0 Å². The standard InChI is InChI=1S/C52H43N5O4/c58-46-37(29-33-17-5-1-6-18-33)31-57(47(59)40-30-43(34-19-7-2-8-20-34)55-51(40)38-25-13-15-27-41(38)53-48(51)60)32-50(46)44(35-21-9-3-10-22-35)45(36-23-11-4-12-24-36)56-52(50)39-26-14-16-28-42(39)54-49(52)61/h1-29,40,43-45,55-56H,30-32H2,(H,53,60)(H,54,61)/b37-29+. The number of Topliss-reactive ketones (excluding diaryl/α,β-unsaturated/α-hetero) is 1. The van der Waals surface area contributed by atoms with Gasteiger partial charge >= 0.3 is 0 Å². The molecule has 5 aliphatic rings. The SMILES string of the molecule is O=C(C1CC(c2ccccc2)NC12C(=O)Nc1ccccc12)N1C/C(=C\c2ccccc2)C(=O)C2(C1)C(c1ccccc1)C(c1ccccc1)NC21C(=O)Nc2ccccc21. The smallest absolute Gasteiger partial charge is 0.250 e. The van der Waals surface area contributed by atoms with E-state index in [0.29, 0.717) is 34.5 Å². The Morgan fingerprint density at radius 2 is 1.13 bits per heavy atom. The fraction of sp³-hybridized carbons (Fsp3) is 0.192. The number of amides is 3. The third-order valence-corrected chi connectivity index (χ3v) is 13.9. The number of carbonyl (C=O) groups is 4. The number of anilines is 2. The average Bonchev–Trinajstić information content (AvgIpc) is 4.02. The average molecular weight is 802 g/mol. The number of piperidine rings is 1. The molecule has 300 valence electrons. The molecule has 9 heteroatoms. The lowest BCUT2D eigenvalue weighted by Gasteiger charge is -2.51. The van der Waals surface area contributed by atoms with Crippen molar-refractivity contribution >= 4 is 41.0 Å². The van der Waals surface area contributed by atoms with E-state index >= 15 is 14.4 Å². The molecule has 3 spiro atoms. The van der Waals surface area contributed by atoms with Gasteiger partial charge in [0.1, 0.15) is 11.1 Å². The molecule has 11 rings (SSSR count). The number of rotatable bonds is 5. The summed E-state index contributed by atoms with van der Waals surface area (Å²) < 4.78 is 0. The van der Waals surface area contributed by atoms with Crippen LogP contribution in [0.2, 0.25) is 0 Å². The van der Waals surface area contributed by atoms with Crippen molar-refractivity contribution in [2.75, 3.05) is 23.7 Å². The Hall–Kier alpha value is -6.94. The molecule has 7 unspecified atom stereocenters. The Bertz CT molecular complexity index is 2760. The summed E-state index contributed by atoms with van der Waals surface area (Å²) in [6.45, 7) is -0.0860. The van der Waals surface area contributed by atoms with Gasteiger partial charge in [0.05, 0.1) is 11.3 Å². The summed E-state index contributed by atoms with van der Waals surface area (Å²) in [5.41, 5.74) is 2.05. The van der Waals surface area contributed by atoms with Gasteiger partial charge in [-0.05, 0) is 46.9 Å². The van der Waals surface area contributed by atoms with Crippen molar-refractivity contribution in [1.82, 2.24) is 15.5 Å². The molecular formula is C52H43N5O4. The molecule has 0 bridgehead atoms. The van der Waals surface area contributed by atoms with Gasteiger partial charge in [0.15, 0.2) is 5.78 Å². The Balaban J connectivity index is 1.15. The molecule has 0 saturated carbocycles. The summed E-state index contributed by atoms with van der Waals surface area (Å²) in [5, 5.41) is 13.8. The van der Waals surface area contributed by atoms with E-state index in [4.69, 9.17) is 0 Å². The molecule has 0 aliphatic carbocycles. The topological polar surface area (TPSA) is 120 Å². The van der Waals surface area contributed by atoms with Crippen LogP contribution in [-0.4, -0.2) is 41.5 Å². The van der Waals surface area contributed by atoms with Gasteiger partial charge < -0.3 is 15.5 Å². The van der Waals surface area contributed by atoms with Crippen LogP contribution in [0.4, 0.5) is 11.4 Å². The second-order valence-electron chi connectivity index (χ2n) is 16.9. The number of nitrogens with one attached hydrogen (secondary N) is 4. The number of fused-ring (bicyclic) bond motifs is 5. The highest BCUT2D eigenvalue weighted by Crippen LogP contribution is 2.66. The molecule has 61 heavy (non-hydrogen) atoms. The Morgan fingerprint density at radius 3 is 1.80 bits per heavy atom. The highest BCUT2D eigenvalue weighted by molar-refractivity contribution is 6.17. The number of nitrogens with zero attached hydrogens (tertiary/aromatic N) is 1. The lowest BCUT2D eigenvalue weighted by Crippen LogP contribution is -2.67. The van der Waals surface area contributed by atoms with E-state index in [1.165, 1.54) is 0 Å². The first-order valence-corrected chi connectivity index (χ1v) is 21.0. The van der Waals surface area contributed by atoms with E-state index in [2.05, 4.69) is 21.3 Å². The maximum atomic E-state index is 16.3.